The summed E-state index contributed by atoms with van der Waals surface area (Å²) in [7, 11) is 0. The molecule has 2 fully saturated rings. The topological polar surface area (TPSA) is 65.9 Å². The molecule has 1 N–H and O–H groups in total. The van der Waals surface area contributed by atoms with Crippen molar-refractivity contribution in [1.82, 2.24) is 14.8 Å². The number of aliphatic hydroxyl groups is 1. The Balaban J connectivity index is 1.58. The van der Waals surface area contributed by atoms with Crippen LogP contribution in [0.3, 0.4) is 0 Å². The number of β-amino-alcohol motifs (C(OH)–C–C–N with tert-alkyl or cyclic N) is 1. The van der Waals surface area contributed by atoms with Gasteiger partial charge in [0.15, 0.2) is 0 Å². The number of nitrogens with zero attached hydrogens (tertiary/aromatic N) is 3. The molecular formula is C15H21N3O3. The van der Waals surface area contributed by atoms with E-state index in [1.807, 2.05) is 12.1 Å². The van der Waals surface area contributed by atoms with Crippen molar-refractivity contribution in [2.45, 2.75) is 18.6 Å². The minimum Gasteiger partial charge on any atom is -0.390 e. The van der Waals surface area contributed by atoms with Gasteiger partial charge < -0.3 is 14.7 Å². The number of aliphatic hydroxyl groups excluding tert-OH is 1. The zero-order chi connectivity index (χ0) is 14.7. The Morgan fingerprint density at radius 3 is 2.71 bits per heavy atom. The van der Waals surface area contributed by atoms with Crippen molar-refractivity contribution < 1.29 is 14.6 Å². The summed E-state index contributed by atoms with van der Waals surface area (Å²) in [6.45, 7) is 4.08. The second-order valence-electron chi connectivity index (χ2n) is 5.61. The molecule has 0 unspecified atom stereocenters. The number of likely N-dealkylation sites (tertiary alicyclic amines) is 1. The fourth-order valence-corrected chi connectivity index (χ4v) is 3.03. The number of amides is 1. The van der Waals surface area contributed by atoms with Crippen molar-refractivity contribution in [2.24, 2.45) is 0 Å². The summed E-state index contributed by atoms with van der Waals surface area (Å²) in [4.78, 5) is 20.3. The maximum Gasteiger partial charge on any atom is 0.227 e. The first-order valence-electron chi connectivity index (χ1n) is 7.40. The van der Waals surface area contributed by atoms with Crippen molar-refractivity contribution in [3.63, 3.8) is 0 Å². The zero-order valence-corrected chi connectivity index (χ0v) is 12.0. The van der Waals surface area contributed by atoms with E-state index in [1.165, 1.54) is 0 Å². The van der Waals surface area contributed by atoms with E-state index in [0.717, 1.165) is 18.7 Å². The second kappa shape index (κ2) is 6.51. The SMILES string of the molecule is O=C(Cc1ccncc1)N1C[C@@H](O)[C@H](N2CCOCC2)C1. The van der Waals surface area contributed by atoms with Crippen LogP contribution in [0.2, 0.25) is 0 Å². The highest BCUT2D eigenvalue weighted by Gasteiger charge is 2.37. The van der Waals surface area contributed by atoms with E-state index in [2.05, 4.69) is 9.88 Å². The van der Waals surface area contributed by atoms with E-state index in [0.29, 0.717) is 32.7 Å². The maximum atomic E-state index is 12.3. The van der Waals surface area contributed by atoms with Gasteiger partial charge in [-0.15, -0.1) is 0 Å². The molecule has 3 heterocycles. The Kier molecular flexibility index (Phi) is 4.48. The molecule has 2 aliphatic rings. The molecule has 21 heavy (non-hydrogen) atoms. The van der Waals surface area contributed by atoms with Crippen molar-refractivity contribution >= 4 is 5.91 Å². The molecular weight excluding hydrogens is 270 g/mol. The number of carbonyl (C=O) groups is 1. The molecule has 2 saturated heterocycles. The molecule has 0 spiro atoms. The van der Waals surface area contributed by atoms with Crippen LogP contribution >= 0.6 is 0 Å². The van der Waals surface area contributed by atoms with Crippen molar-refractivity contribution in [3.8, 4) is 0 Å². The van der Waals surface area contributed by atoms with Crippen molar-refractivity contribution in [3.05, 3.63) is 30.1 Å². The molecule has 1 aromatic heterocycles. The van der Waals surface area contributed by atoms with Gasteiger partial charge in [0.2, 0.25) is 5.91 Å². The molecule has 1 aromatic rings. The molecule has 0 aliphatic carbocycles. The van der Waals surface area contributed by atoms with E-state index in [-0.39, 0.29) is 11.9 Å². The fraction of sp³-hybridized carbons (Fsp3) is 0.600. The zero-order valence-electron chi connectivity index (χ0n) is 12.0. The third-order valence-electron chi connectivity index (χ3n) is 4.23. The minimum absolute atomic E-state index is 0.0373. The molecule has 3 rings (SSSR count). The van der Waals surface area contributed by atoms with E-state index < -0.39 is 6.10 Å². The number of aromatic nitrogens is 1. The summed E-state index contributed by atoms with van der Waals surface area (Å²) in [6, 6.07) is 3.74. The maximum absolute atomic E-state index is 12.3. The first kappa shape index (κ1) is 14.4. The summed E-state index contributed by atoms with van der Waals surface area (Å²) in [5.74, 6) is 0.0657. The van der Waals surface area contributed by atoms with Crippen LogP contribution in [-0.4, -0.2) is 77.3 Å². The Morgan fingerprint density at radius 1 is 1.29 bits per heavy atom. The molecule has 2 atom stereocenters. The quantitative estimate of drug-likeness (QED) is 0.815. The summed E-state index contributed by atoms with van der Waals surface area (Å²) in [5, 5.41) is 10.2. The average molecular weight is 291 g/mol. The summed E-state index contributed by atoms with van der Waals surface area (Å²) < 4.78 is 5.34. The molecule has 114 valence electrons. The van der Waals surface area contributed by atoms with E-state index in [1.54, 1.807) is 17.3 Å². The Morgan fingerprint density at radius 2 is 2.00 bits per heavy atom. The van der Waals surface area contributed by atoms with Crippen LogP contribution < -0.4 is 0 Å². The van der Waals surface area contributed by atoms with Crippen LogP contribution in [0.4, 0.5) is 0 Å². The average Bonchev–Trinajstić information content (AvgIpc) is 2.91. The number of hydrogen-bond donors (Lipinski definition) is 1. The monoisotopic (exact) mass is 291 g/mol. The number of ether oxygens (including phenoxy) is 1. The summed E-state index contributed by atoms with van der Waals surface area (Å²) in [6.07, 6.45) is 3.28. The van der Waals surface area contributed by atoms with Crippen molar-refractivity contribution in [1.29, 1.82) is 0 Å². The van der Waals surface area contributed by atoms with Crippen LogP contribution in [0.25, 0.3) is 0 Å². The van der Waals surface area contributed by atoms with Crippen LogP contribution in [0, 0.1) is 0 Å². The van der Waals surface area contributed by atoms with Gasteiger partial charge in [-0.2, -0.15) is 0 Å². The van der Waals surface area contributed by atoms with Gasteiger partial charge in [-0.25, -0.2) is 0 Å². The van der Waals surface area contributed by atoms with Crippen molar-refractivity contribution in [2.75, 3.05) is 39.4 Å². The Hall–Kier alpha value is -1.50. The lowest BCUT2D eigenvalue weighted by Crippen LogP contribution is -2.49. The Labute approximate surface area is 124 Å². The highest BCUT2D eigenvalue weighted by Crippen LogP contribution is 2.18. The van der Waals surface area contributed by atoms with E-state index in [9.17, 15) is 9.90 Å². The van der Waals surface area contributed by atoms with Gasteiger partial charge in [0.25, 0.3) is 0 Å². The van der Waals surface area contributed by atoms with Gasteiger partial charge in [0.1, 0.15) is 0 Å². The highest BCUT2D eigenvalue weighted by molar-refractivity contribution is 5.79. The van der Waals surface area contributed by atoms with Crippen LogP contribution in [0.1, 0.15) is 5.56 Å². The fourth-order valence-electron chi connectivity index (χ4n) is 3.03. The van der Waals surface area contributed by atoms with Gasteiger partial charge in [0.05, 0.1) is 31.8 Å². The number of morpholine rings is 1. The predicted octanol–water partition coefficient (Wildman–Crippen LogP) is -0.472. The van der Waals surface area contributed by atoms with Gasteiger partial charge in [0, 0.05) is 38.6 Å². The normalized spacial score (nSPS) is 27.0. The lowest BCUT2D eigenvalue weighted by atomic mass is 10.1. The van der Waals surface area contributed by atoms with Gasteiger partial charge in [-0.05, 0) is 17.7 Å². The lowest BCUT2D eigenvalue weighted by Gasteiger charge is -2.33. The molecule has 6 heteroatoms. The third kappa shape index (κ3) is 3.40. The van der Waals surface area contributed by atoms with Crippen LogP contribution in [-0.2, 0) is 16.0 Å². The smallest absolute Gasteiger partial charge is 0.227 e. The highest BCUT2D eigenvalue weighted by atomic mass is 16.5. The molecule has 1 amide bonds. The molecule has 0 radical (unpaired) electrons. The molecule has 2 aliphatic heterocycles. The first-order chi connectivity index (χ1) is 10.2. The van der Waals surface area contributed by atoms with Gasteiger partial charge in [-0.3, -0.25) is 14.7 Å². The van der Waals surface area contributed by atoms with E-state index in [4.69, 9.17) is 4.74 Å². The third-order valence-corrected chi connectivity index (χ3v) is 4.23. The van der Waals surface area contributed by atoms with Crippen LogP contribution in [0.5, 0.6) is 0 Å². The number of hydrogen-bond acceptors (Lipinski definition) is 5. The molecule has 0 saturated carbocycles. The standard InChI is InChI=1S/C15H21N3O3/c19-14-11-18(10-13(14)17-5-7-21-8-6-17)15(20)9-12-1-3-16-4-2-12/h1-4,13-14,19H,5-11H2/t13-,14-/m1/s1. The molecule has 6 nitrogen and oxygen atoms in total. The number of rotatable bonds is 3. The summed E-state index contributed by atoms with van der Waals surface area (Å²) in [5.41, 5.74) is 0.958. The predicted molar refractivity (Wildman–Crippen MR) is 76.7 cm³/mol. The second-order valence-corrected chi connectivity index (χ2v) is 5.61. The Bertz CT molecular complexity index is 476. The number of pyridine rings is 1. The molecule has 0 aromatic carbocycles. The lowest BCUT2D eigenvalue weighted by molar-refractivity contribution is -0.129. The first-order valence-corrected chi connectivity index (χ1v) is 7.40. The largest absolute Gasteiger partial charge is 0.390 e. The minimum atomic E-state index is -0.468. The number of carbonyl (C=O) groups excluding carboxylic acids is 1. The van der Waals surface area contributed by atoms with Gasteiger partial charge >= 0.3 is 0 Å². The van der Waals surface area contributed by atoms with E-state index >= 15 is 0 Å². The summed E-state index contributed by atoms with van der Waals surface area (Å²) >= 11 is 0. The molecule has 0 bridgehead atoms. The van der Waals surface area contributed by atoms with Crippen LogP contribution in [0.15, 0.2) is 24.5 Å². The van der Waals surface area contributed by atoms with Gasteiger partial charge in [-0.1, -0.05) is 0 Å².